The van der Waals surface area contributed by atoms with E-state index < -0.39 is 16.1 Å². The van der Waals surface area contributed by atoms with Gasteiger partial charge in [-0.2, -0.15) is 8.42 Å². The van der Waals surface area contributed by atoms with Crippen LogP contribution < -0.4 is 5.14 Å². The average Bonchev–Trinajstić information content (AvgIpc) is 1.83. The fraction of sp³-hybridized carbons (Fsp3) is 0.833. The van der Waals surface area contributed by atoms with Gasteiger partial charge in [-0.05, 0) is 13.3 Å². The lowest BCUT2D eigenvalue weighted by molar-refractivity contribution is -0.125. The highest BCUT2D eigenvalue weighted by molar-refractivity contribution is 7.87. The van der Waals surface area contributed by atoms with E-state index in [2.05, 4.69) is 0 Å². The molecule has 0 fully saturated rings. The van der Waals surface area contributed by atoms with Crippen LogP contribution in [-0.4, -0.2) is 24.7 Å². The molecular formula is C6H14N2O3S. The summed E-state index contributed by atoms with van der Waals surface area (Å²) in [5.41, 5.74) is 0. The second-order valence-corrected chi connectivity index (χ2v) is 4.04. The molecule has 2 N–H and O–H groups in total. The van der Waals surface area contributed by atoms with Crippen LogP contribution in [0.1, 0.15) is 27.2 Å². The van der Waals surface area contributed by atoms with Crippen molar-refractivity contribution in [3.05, 3.63) is 0 Å². The smallest absolute Gasteiger partial charge is 0.274 e. The summed E-state index contributed by atoms with van der Waals surface area (Å²) in [6, 6.07) is -0.377. The Kier molecular flexibility index (Phi) is 3.66. The maximum atomic E-state index is 10.9. The average molecular weight is 194 g/mol. The van der Waals surface area contributed by atoms with Gasteiger partial charge in [0.1, 0.15) is 0 Å². The predicted molar refractivity (Wildman–Crippen MR) is 45.4 cm³/mol. The van der Waals surface area contributed by atoms with Crippen LogP contribution in [0, 0.1) is 0 Å². The van der Waals surface area contributed by atoms with Crippen molar-refractivity contribution in [1.29, 1.82) is 0 Å². The zero-order valence-corrected chi connectivity index (χ0v) is 8.26. The van der Waals surface area contributed by atoms with Gasteiger partial charge < -0.3 is 0 Å². The zero-order valence-electron chi connectivity index (χ0n) is 7.44. The van der Waals surface area contributed by atoms with Crippen molar-refractivity contribution >= 4 is 16.1 Å². The van der Waals surface area contributed by atoms with E-state index in [1.165, 1.54) is 6.92 Å². The summed E-state index contributed by atoms with van der Waals surface area (Å²) >= 11 is 0. The summed E-state index contributed by atoms with van der Waals surface area (Å²) in [4.78, 5) is 10.9. The lowest BCUT2D eigenvalue weighted by Gasteiger charge is -2.23. The summed E-state index contributed by atoms with van der Waals surface area (Å²) in [5.74, 6) is -0.549. The van der Waals surface area contributed by atoms with Gasteiger partial charge in [0, 0.05) is 13.0 Å². The third kappa shape index (κ3) is 2.78. The van der Waals surface area contributed by atoms with Gasteiger partial charge in [-0.25, -0.2) is 9.44 Å². The number of carbonyl (C=O) groups excluding carboxylic acids is 1. The molecule has 1 unspecified atom stereocenters. The van der Waals surface area contributed by atoms with Crippen molar-refractivity contribution in [3.63, 3.8) is 0 Å². The number of hydrogen-bond acceptors (Lipinski definition) is 3. The highest BCUT2D eigenvalue weighted by Gasteiger charge is 2.24. The maximum Gasteiger partial charge on any atom is 0.301 e. The minimum atomic E-state index is -3.89. The molecule has 5 nitrogen and oxygen atoms in total. The number of hydrogen-bond donors (Lipinski definition) is 1. The van der Waals surface area contributed by atoms with Crippen LogP contribution in [0.5, 0.6) is 0 Å². The molecule has 0 radical (unpaired) electrons. The van der Waals surface area contributed by atoms with Gasteiger partial charge in [0.05, 0.1) is 0 Å². The first-order chi connectivity index (χ1) is 5.30. The predicted octanol–water partition coefficient (Wildman–Crippen LogP) is -0.163. The van der Waals surface area contributed by atoms with E-state index in [1.54, 1.807) is 13.8 Å². The van der Waals surface area contributed by atoms with Crippen LogP contribution in [-0.2, 0) is 15.0 Å². The summed E-state index contributed by atoms with van der Waals surface area (Å²) < 4.78 is 22.4. The maximum absolute atomic E-state index is 10.9. The van der Waals surface area contributed by atoms with Gasteiger partial charge in [-0.3, -0.25) is 4.79 Å². The molecular weight excluding hydrogens is 180 g/mol. The molecule has 0 rings (SSSR count). The Hall–Kier alpha value is -0.620. The van der Waals surface area contributed by atoms with E-state index in [9.17, 15) is 13.2 Å². The minimum Gasteiger partial charge on any atom is -0.274 e. The fourth-order valence-corrected chi connectivity index (χ4v) is 1.92. The quantitative estimate of drug-likeness (QED) is 0.677. The van der Waals surface area contributed by atoms with E-state index in [0.29, 0.717) is 10.7 Å². The Morgan fingerprint density at radius 2 is 2.00 bits per heavy atom. The summed E-state index contributed by atoms with van der Waals surface area (Å²) in [5, 5.41) is 4.83. The highest BCUT2D eigenvalue weighted by Crippen LogP contribution is 2.06. The van der Waals surface area contributed by atoms with Gasteiger partial charge in [-0.1, -0.05) is 6.92 Å². The first-order valence-corrected chi connectivity index (χ1v) is 5.13. The van der Waals surface area contributed by atoms with Crippen molar-refractivity contribution in [2.45, 2.75) is 33.2 Å². The molecule has 0 aliphatic rings. The number of carbonyl (C=O) groups is 1. The normalized spacial score (nSPS) is 14.0. The fourth-order valence-electron chi connectivity index (χ4n) is 0.906. The number of amides is 1. The standard InChI is InChI=1S/C6H14N2O3S/c1-4-5(2)8(6(3)9)12(7,10)11/h5H,4H2,1-3H3,(H2,7,10,11). The molecule has 1 amide bonds. The van der Waals surface area contributed by atoms with Gasteiger partial charge in [0.15, 0.2) is 0 Å². The van der Waals surface area contributed by atoms with E-state index in [4.69, 9.17) is 5.14 Å². The van der Waals surface area contributed by atoms with E-state index in [-0.39, 0.29) is 6.04 Å². The van der Waals surface area contributed by atoms with Crippen LogP contribution in [0.2, 0.25) is 0 Å². The van der Waals surface area contributed by atoms with Crippen LogP contribution >= 0.6 is 0 Å². The molecule has 1 atom stereocenters. The topological polar surface area (TPSA) is 80.5 Å². The number of nitrogens with two attached hydrogens (primary N) is 1. The van der Waals surface area contributed by atoms with Gasteiger partial charge >= 0.3 is 10.2 Å². The molecule has 0 aromatic heterocycles. The summed E-state index contributed by atoms with van der Waals surface area (Å²) in [6.07, 6.45) is 0.552. The Morgan fingerprint density at radius 1 is 1.58 bits per heavy atom. The molecule has 0 bridgehead atoms. The Labute approximate surface area is 72.7 Å². The third-order valence-electron chi connectivity index (χ3n) is 1.58. The van der Waals surface area contributed by atoms with Gasteiger partial charge in [0.25, 0.3) is 0 Å². The third-order valence-corrected chi connectivity index (χ3v) is 2.74. The number of rotatable bonds is 3. The SMILES string of the molecule is CCC(C)N(C(C)=O)S(N)(=O)=O. The largest absolute Gasteiger partial charge is 0.301 e. The van der Waals surface area contributed by atoms with Gasteiger partial charge in [0.2, 0.25) is 5.91 Å². The molecule has 0 spiro atoms. The van der Waals surface area contributed by atoms with E-state index in [0.717, 1.165) is 0 Å². The molecule has 0 aromatic rings. The molecule has 0 aliphatic heterocycles. The molecule has 0 aromatic carbocycles. The van der Waals surface area contributed by atoms with E-state index in [1.807, 2.05) is 0 Å². The van der Waals surface area contributed by atoms with Crippen molar-refractivity contribution in [2.24, 2.45) is 5.14 Å². The lowest BCUT2D eigenvalue weighted by atomic mass is 10.3. The van der Waals surface area contributed by atoms with Crippen LogP contribution in [0.3, 0.4) is 0 Å². The first kappa shape index (κ1) is 11.4. The molecule has 0 saturated heterocycles. The molecule has 6 heteroatoms. The summed E-state index contributed by atoms with van der Waals surface area (Å²) in [6.45, 7) is 4.59. The molecule has 0 saturated carbocycles. The molecule has 72 valence electrons. The van der Waals surface area contributed by atoms with Gasteiger partial charge in [-0.15, -0.1) is 0 Å². The van der Waals surface area contributed by atoms with Crippen LogP contribution in [0.4, 0.5) is 0 Å². The van der Waals surface area contributed by atoms with E-state index >= 15 is 0 Å². The lowest BCUT2D eigenvalue weighted by Crippen LogP contribution is -2.45. The number of nitrogens with zero attached hydrogens (tertiary/aromatic N) is 1. The molecule has 12 heavy (non-hydrogen) atoms. The Bertz CT molecular complexity index is 260. The molecule has 0 heterocycles. The van der Waals surface area contributed by atoms with Crippen molar-refractivity contribution < 1.29 is 13.2 Å². The zero-order chi connectivity index (χ0) is 9.94. The van der Waals surface area contributed by atoms with Crippen molar-refractivity contribution in [3.8, 4) is 0 Å². The Balaban J connectivity index is 4.81. The van der Waals surface area contributed by atoms with Crippen LogP contribution in [0.25, 0.3) is 0 Å². The Morgan fingerprint density at radius 3 is 2.08 bits per heavy atom. The molecule has 0 aliphatic carbocycles. The highest BCUT2D eigenvalue weighted by atomic mass is 32.2. The first-order valence-electron chi connectivity index (χ1n) is 3.63. The monoisotopic (exact) mass is 194 g/mol. The van der Waals surface area contributed by atoms with Crippen molar-refractivity contribution in [1.82, 2.24) is 4.31 Å². The minimum absolute atomic E-state index is 0.377. The van der Waals surface area contributed by atoms with Crippen LogP contribution in [0.15, 0.2) is 0 Å². The second-order valence-electron chi connectivity index (χ2n) is 2.62. The van der Waals surface area contributed by atoms with Crippen molar-refractivity contribution in [2.75, 3.05) is 0 Å². The second kappa shape index (κ2) is 3.86. The summed E-state index contributed by atoms with van der Waals surface area (Å²) in [7, 11) is -3.89.